The second-order valence-electron chi connectivity index (χ2n) is 4.27. The Hall–Kier alpha value is -1.89. The summed E-state index contributed by atoms with van der Waals surface area (Å²) >= 11 is 0. The van der Waals surface area contributed by atoms with Crippen molar-refractivity contribution in [3.63, 3.8) is 0 Å². The third-order valence-corrected chi connectivity index (χ3v) is 2.84. The van der Waals surface area contributed by atoms with E-state index in [0.717, 1.165) is 5.56 Å². The van der Waals surface area contributed by atoms with E-state index in [1.165, 1.54) is 11.1 Å². The first-order chi connectivity index (χ1) is 9.27. The second-order valence-corrected chi connectivity index (χ2v) is 4.27. The molecule has 0 unspecified atom stereocenters. The molecule has 2 heteroatoms. The van der Waals surface area contributed by atoms with Crippen LogP contribution in [0.25, 0.3) is 11.1 Å². The van der Waals surface area contributed by atoms with Crippen molar-refractivity contribution in [2.24, 2.45) is 0 Å². The Balaban J connectivity index is 0.000000200. The first-order valence-electron chi connectivity index (χ1n) is 6.27. The van der Waals surface area contributed by atoms with Crippen molar-refractivity contribution >= 4 is 5.78 Å². The molecule has 0 aliphatic heterocycles. The maximum Gasteiger partial charge on any atom is 0.105 e. The van der Waals surface area contributed by atoms with Gasteiger partial charge in [-0.3, -0.25) is 0 Å². The zero-order chi connectivity index (χ0) is 13.5. The summed E-state index contributed by atoms with van der Waals surface area (Å²) in [5.41, 5.74) is 3.38. The summed E-state index contributed by atoms with van der Waals surface area (Å²) in [5.74, 6) is 0.134. The van der Waals surface area contributed by atoms with Crippen molar-refractivity contribution in [2.75, 3.05) is 0 Å². The van der Waals surface area contributed by atoms with Gasteiger partial charge in [-0.1, -0.05) is 5.56 Å². The van der Waals surface area contributed by atoms with Crippen LogP contribution in [0.4, 0.5) is 0 Å². The van der Waals surface area contributed by atoms with Gasteiger partial charge in [0.2, 0.25) is 0 Å². The summed E-state index contributed by atoms with van der Waals surface area (Å²) in [6, 6.07) is 26.1. The van der Waals surface area contributed by atoms with Crippen LogP contribution in [0.1, 0.15) is 17.3 Å². The van der Waals surface area contributed by atoms with E-state index in [0.29, 0.717) is 0 Å². The third-order valence-electron chi connectivity index (χ3n) is 2.84. The van der Waals surface area contributed by atoms with E-state index >= 15 is 0 Å². The van der Waals surface area contributed by atoms with E-state index in [-0.39, 0.29) is 22.9 Å². The normalized spacial score (nSPS) is 9.05. The predicted octanol–water partition coefficient (Wildman–Crippen LogP) is 4.68. The minimum Gasteiger partial charge on any atom is -0.642 e. The molecule has 0 aromatic heterocycles. The van der Waals surface area contributed by atoms with Gasteiger partial charge in [-0.2, -0.15) is 24.3 Å². The summed E-state index contributed by atoms with van der Waals surface area (Å²) in [7, 11) is 0. The molecule has 0 aliphatic rings. The molecule has 0 spiro atoms. The molecule has 3 aromatic rings. The maximum atomic E-state index is 10.5. The molecule has 0 N–H and O–H groups in total. The molecule has 0 saturated carbocycles. The fraction of sp³-hybridized carbons (Fsp3) is 0.0556. The monoisotopic (exact) mass is 304 g/mol. The molecule has 0 bridgehead atoms. The molecule has 0 radical (unpaired) electrons. The fourth-order valence-electron chi connectivity index (χ4n) is 1.81. The quantitative estimate of drug-likeness (QED) is 0.382. The molecule has 0 atom stereocenters. The largest absolute Gasteiger partial charge is 0.642 e. The van der Waals surface area contributed by atoms with Crippen LogP contribution in [0, 0.1) is 0 Å². The van der Waals surface area contributed by atoms with Gasteiger partial charge in [0.15, 0.2) is 0 Å². The first-order valence-corrected chi connectivity index (χ1v) is 6.27. The summed E-state index contributed by atoms with van der Waals surface area (Å²) in [6.07, 6.45) is 0. The van der Waals surface area contributed by atoms with Crippen LogP contribution in [0.2, 0.25) is 0 Å². The van der Waals surface area contributed by atoms with Crippen LogP contribution in [0.5, 0.6) is 0 Å². The summed E-state index contributed by atoms with van der Waals surface area (Å²) < 4.78 is 0. The minimum absolute atomic E-state index is 0. The Morgan fingerprint density at radius 2 is 1.50 bits per heavy atom. The number of ketones is 1. The van der Waals surface area contributed by atoms with E-state index < -0.39 is 0 Å². The average molecular weight is 304 g/mol. The molecular formula is C18H16FeO-6. The van der Waals surface area contributed by atoms with Gasteiger partial charge in [0.25, 0.3) is 0 Å². The van der Waals surface area contributed by atoms with Crippen molar-refractivity contribution in [3.8, 4) is 11.1 Å². The molecule has 3 aromatic carbocycles. The van der Waals surface area contributed by atoms with Crippen LogP contribution < -0.4 is 0 Å². The molecule has 1 nitrogen and oxygen atoms in total. The topological polar surface area (TPSA) is 17.1 Å². The standard InChI is InChI=1S/C11H9.C7H7O.Fe/c1-2-6-10(7-3-1)11-8-4-5-9-11;1-6(8)7-4-2-3-5-7;/h1-9H;2-5H,1H3;/q-5;-1;. The van der Waals surface area contributed by atoms with Gasteiger partial charge in [-0.15, -0.1) is 6.07 Å². The third kappa shape index (κ3) is 4.65. The second kappa shape index (κ2) is 8.31. The smallest absolute Gasteiger partial charge is 0.105 e. The van der Waals surface area contributed by atoms with Crippen LogP contribution >= 0.6 is 0 Å². The Morgan fingerprint density at radius 1 is 0.950 bits per heavy atom. The van der Waals surface area contributed by atoms with Gasteiger partial charge in [0, 0.05) is 17.1 Å². The van der Waals surface area contributed by atoms with Gasteiger partial charge in [-0.25, -0.2) is 12.1 Å². The van der Waals surface area contributed by atoms with Crippen LogP contribution in [-0.2, 0) is 17.1 Å². The van der Waals surface area contributed by atoms with Crippen molar-refractivity contribution in [2.45, 2.75) is 6.92 Å². The Bertz CT molecular complexity index is 592. The Kier molecular flexibility index (Phi) is 6.72. The van der Waals surface area contributed by atoms with E-state index in [1.54, 1.807) is 6.92 Å². The number of benzene rings is 1. The molecule has 0 heterocycles. The van der Waals surface area contributed by atoms with Crippen molar-refractivity contribution in [1.82, 2.24) is 0 Å². The molecule has 20 heavy (non-hydrogen) atoms. The Labute approximate surface area is 130 Å². The van der Waals surface area contributed by atoms with Crippen LogP contribution in [0.3, 0.4) is 0 Å². The van der Waals surface area contributed by atoms with Crippen molar-refractivity contribution in [1.29, 1.82) is 0 Å². The molecule has 0 fully saturated rings. The summed E-state index contributed by atoms with van der Waals surface area (Å²) in [5, 5.41) is 0. The van der Waals surface area contributed by atoms with Gasteiger partial charge in [0.1, 0.15) is 5.78 Å². The van der Waals surface area contributed by atoms with Crippen molar-refractivity contribution in [3.05, 3.63) is 84.4 Å². The van der Waals surface area contributed by atoms with Crippen LogP contribution in [-0.4, -0.2) is 5.78 Å². The van der Waals surface area contributed by atoms with Gasteiger partial charge in [-0.05, 0) is 6.92 Å². The van der Waals surface area contributed by atoms with E-state index in [9.17, 15) is 4.79 Å². The van der Waals surface area contributed by atoms with Gasteiger partial charge < -0.3 is 52.3 Å². The molecule has 0 aliphatic carbocycles. The number of hydrogen-bond acceptors (Lipinski definition) is 1. The van der Waals surface area contributed by atoms with Gasteiger partial charge >= 0.3 is 0 Å². The maximum absolute atomic E-state index is 10.5. The SMILES string of the molecule is CC(=O)[c-]1cccc1.[Fe].c1ccc(-[c-]2[cH-][cH-][cH-][cH-]2)cc1. The number of rotatable bonds is 2. The number of carbonyl (C=O) groups is 1. The predicted molar refractivity (Wildman–Crippen MR) is 79.5 cm³/mol. The number of Topliss-reactive ketones (excluding diaryl/α,β-unsaturated/α-hetero) is 1. The van der Waals surface area contributed by atoms with Crippen molar-refractivity contribution < 1.29 is 21.9 Å². The Morgan fingerprint density at radius 3 is 1.95 bits per heavy atom. The minimum atomic E-state index is 0. The van der Waals surface area contributed by atoms with E-state index in [2.05, 4.69) is 48.5 Å². The molecule has 3 rings (SSSR count). The molecule has 108 valence electrons. The first kappa shape index (κ1) is 16.2. The zero-order valence-corrected chi connectivity index (χ0v) is 12.4. The number of hydrogen-bond donors (Lipinski definition) is 0. The summed E-state index contributed by atoms with van der Waals surface area (Å²) in [4.78, 5) is 10.5. The average Bonchev–Trinajstić information content (AvgIpc) is 3.14. The van der Waals surface area contributed by atoms with Gasteiger partial charge in [0.05, 0.1) is 0 Å². The summed E-state index contributed by atoms with van der Waals surface area (Å²) in [6.45, 7) is 1.56. The van der Waals surface area contributed by atoms with Crippen LogP contribution in [0.15, 0.2) is 78.9 Å². The molecule has 0 saturated heterocycles. The van der Waals surface area contributed by atoms with E-state index in [4.69, 9.17) is 0 Å². The fourth-order valence-corrected chi connectivity index (χ4v) is 1.81. The molecular weight excluding hydrogens is 288 g/mol. The molecule has 0 amide bonds. The zero-order valence-electron chi connectivity index (χ0n) is 11.3. The van der Waals surface area contributed by atoms with E-state index in [1.807, 2.05) is 30.3 Å². The number of carbonyl (C=O) groups excluding carboxylic acids is 1.